The minimum Gasteiger partial charge on any atom is -0.508 e. The van der Waals surface area contributed by atoms with Gasteiger partial charge in [-0.1, -0.05) is 51.5 Å². The second-order valence-corrected chi connectivity index (χ2v) is 8.34. The molecule has 1 aliphatic heterocycles. The fourth-order valence-corrected chi connectivity index (χ4v) is 4.16. The summed E-state index contributed by atoms with van der Waals surface area (Å²) in [6.45, 7) is 9.27. The molecule has 0 aliphatic carbocycles. The Balaban J connectivity index is 2.04. The molecule has 1 unspecified atom stereocenters. The average Bonchev–Trinajstić information content (AvgIpc) is 3.09. The normalized spacial score (nSPS) is 17.5. The van der Waals surface area contributed by atoms with Crippen molar-refractivity contribution >= 4 is 17.4 Å². The van der Waals surface area contributed by atoms with E-state index in [4.69, 9.17) is 4.74 Å². The quantitative estimate of drug-likeness (QED) is 0.222. The fraction of sp³-hybridized carbons (Fsp3) is 0.407. The first kappa shape index (κ1) is 25.3. The number of unbranched alkanes of at least 4 members (excludes halogenated alkanes) is 1. The Hall–Kier alpha value is -3.32. The Morgan fingerprint density at radius 3 is 2.47 bits per heavy atom. The SMILES string of the molecule is CCCCOc1cccc(C(O)=C2C(=O)C(=O)N(CCN(CC)CC)C2c2cccc(O)c2)c1. The number of phenolic OH excluding ortho intramolecular Hbond substituents is 1. The number of phenols is 1. The first-order chi connectivity index (χ1) is 16.4. The first-order valence-corrected chi connectivity index (χ1v) is 11.9. The van der Waals surface area contributed by atoms with Gasteiger partial charge in [0.2, 0.25) is 0 Å². The van der Waals surface area contributed by atoms with Gasteiger partial charge in [0, 0.05) is 18.7 Å². The zero-order chi connectivity index (χ0) is 24.7. The number of likely N-dealkylation sites (tertiary alicyclic amines) is 1. The summed E-state index contributed by atoms with van der Waals surface area (Å²) in [7, 11) is 0. The molecule has 0 spiro atoms. The van der Waals surface area contributed by atoms with Crippen molar-refractivity contribution in [2.75, 3.05) is 32.8 Å². The molecular formula is C27H34N2O5. The maximum atomic E-state index is 13.2. The highest BCUT2D eigenvalue weighted by Crippen LogP contribution is 2.40. The number of aliphatic hydroxyl groups excluding tert-OH is 1. The number of carbonyl (C=O) groups is 2. The lowest BCUT2D eigenvalue weighted by Crippen LogP contribution is -2.38. The molecule has 0 radical (unpaired) electrons. The maximum absolute atomic E-state index is 13.2. The number of rotatable bonds is 11. The number of ketones is 1. The average molecular weight is 467 g/mol. The topological polar surface area (TPSA) is 90.3 Å². The molecule has 7 heteroatoms. The third kappa shape index (κ3) is 5.59. The Kier molecular flexibility index (Phi) is 8.71. The van der Waals surface area contributed by atoms with E-state index in [1.54, 1.807) is 36.4 Å². The van der Waals surface area contributed by atoms with E-state index in [0.29, 0.717) is 36.6 Å². The Bertz CT molecular complexity index is 1040. The predicted molar refractivity (Wildman–Crippen MR) is 132 cm³/mol. The third-order valence-corrected chi connectivity index (χ3v) is 6.15. The number of hydrogen-bond acceptors (Lipinski definition) is 6. The van der Waals surface area contributed by atoms with Crippen LogP contribution in [0.5, 0.6) is 11.5 Å². The zero-order valence-corrected chi connectivity index (χ0v) is 20.2. The number of amides is 1. The lowest BCUT2D eigenvalue weighted by molar-refractivity contribution is -0.140. The van der Waals surface area contributed by atoms with Crippen molar-refractivity contribution < 1.29 is 24.5 Å². The van der Waals surface area contributed by atoms with E-state index in [1.807, 2.05) is 13.8 Å². The summed E-state index contributed by atoms with van der Waals surface area (Å²) >= 11 is 0. The summed E-state index contributed by atoms with van der Waals surface area (Å²) in [6.07, 6.45) is 1.91. The van der Waals surface area contributed by atoms with Crippen molar-refractivity contribution in [1.82, 2.24) is 9.80 Å². The van der Waals surface area contributed by atoms with Crippen LogP contribution in [0.4, 0.5) is 0 Å². The van der Waals surface area contributed by atoms with Crippen LogP contribution >= 0.6 is 0 Å². The van der Waals surface area contributed by atoms with E-state index in [-0.39, 0.29) is 17.1 Å². The van der Waals surface area contributed by atoms with E-state index in [0.717, 1.165) is 25.9 Å². The van der Waals surface area contributed by atoms with Crippen LogP contribution in [0.25, 0.3) is 5.76 Å². The number of Topliss-reactive ketones (excluding diaryl/α,β-unsaturated/α-hetero) is 1. The number of nitrogens with zero attached hydrogens (tertiary/aromatic N) is 2. The Labute approximate surface area is 201 Å². The molecule has 0 aromatic heterocycles. The van der Waals surface area contributed by atoms with E-state index in [1.165, 1.54) is 17.0 Å². The molecule has 7 nitrogen and oxygen atoms in total. The lowest BCUT2D eigenvalue weighted by Gasteiger charge is -2.28. The van der Waals surface area contributed by atoms with Crippen molar-refractivity contribution in [3.05, 3.63) is 65.2 Å². The zero-order valence-electron chi connectivity index (χ0n) is 20.2. The van der Waals surface area contributed by atoms with Gasteiger partial charge in [0.1, 0.15) is 17.3 Å². The standard InChI is InChI=1S/C27H34N2O5/c1-4-7-16-34-22-13-9-11-20(18-22)25(31)23-24(19-10-8-12-21(30)17-19)29(27(33)26(23)32)15-14-28(5-2)6-3/h8-13,17-18,24,30-31H,4-7,14-16H2,1-3H3. The van der Waals surface area contributed by atoms with E-state index >= 15 is 0 Å². The van der Waals surface area contributed by atoms with Crippen LogP contribution in [0.1, 0.15) is 50.8 Å². The van der Waals surface area contributed by atoms with Crippen molar-refractivity contribution in [2.45, 2.75) is 39.7 Å². The molecule has 1 aliphatic rings. The molecule has 1 fully saturated rings. The van der Waals surface area contributed by atoms with E-state index < -0.39 is 17.7 Å². The van der Waals surface area contributed by atoms with Gasteiger partial charge in [-0.05, 0) is 49.3 Å². The highest BCUT2D eigenvalue weighted by molar-refractivity contribution is 6.46. The minimum absolute atomic E-state index is 0.0147. The third-order valence-electron chi connectivity index (χ3n) is 6.15. The number of carbonyl (C=O) groups excluding carboxylic acids is 2. The monoisotopic (exact) mass is 466 g/mol. The summed E-state index contributed by atoms with van der Waals surface area (Å²) in [4.78, 5) is 29.9. The highest BCUT2D eigenvalue weighted by atomic mass is 16.5. The van der Waals surface area contributed by atoms with Crippen LogP contribution in [0.15, 0.2) is 54.1 Å². The van der Waals surface area contributed by atoms with Crippen molar-refractivity contribution in [3.63, 3.8) is 0 Å². The first-order valence-electron chi connectivity index (χ1n) is 11.9. The lowest BCUT2D eigenvalue weighted by atomic mass is 9.95. The number of aliphatic hydroxyl groups is 1. The van der Waals surface area contributed by atoms with Gasteiger partial charge in [-0.3, -0.25) is 9.59 Å². The Morgan fingerprint density at radius 2 is 1.79 bits per heavy atom. The molecule has 1 amide bonds. The minimum atomic E-state index is -0.799. The van der Waals surface area contributed by atoms with Gasteiger partial charge >= 0.3 is 0 Å². The molecule has 34 heavy (non-hydrogen) atoms. The summed E-state index contributed by atoms with van der Waals surface area (Å²) in [6, 6.07) is 12.6. The van der Waals surface area contributed by atoms with Gasteiger partial charge in [-0.15, -0.1) is 0 Å². The van der Waals surface area contributed by atoms with Gasteiger partial charge in [-0.25, -0.2) is 0 Å². The second-order valence-electron chi connectivity index (χ2n) is 8.34. The molecule has 3 rings (SSSR count). The molecule has 2 aromatic rings. The molecule has 0 bridgehead atoms. The van der Waals surface area contributed by atoms with Crippen LogP contribution in [0.3, 0.4) is 0 Å². The number of benzene rings is 2. The van der Waals surface area contributed by atoms with Crippen LogP contribution in [0, 0.1) is 0 Å². The molecule has 2 N–H and O–H groups in total. The summed E-state index contributed by atoms with van der Waals surface area (Å²) < 4.78 is 5.75. The van der Waals surface area contributed by atoms with Gasteiger partial charge in [0.25, 0.3) is 11.7 Å². The molecule has 2 aromatic carbocycles. The summed E-state index contributed by atoms with van der Waals surface area (Å²) in [5, 5.41) is 21.3. The molecular weight excluding hydrogens is 432 g/mol. The van der Waals surface area contributed by atoms with E-state index in [9.17, 15) is 19.8 Å². The fourth-order valence-electron chi connectivity index (χ4n) is 4.16. The molecule has 182 valence electrons. The molecule has 0 saturated carbocycles. The number of hydrogen-bond donors (Lipinski definition) is 2. The van der Waals surface area contributed by atoms with Crippen LogP contribution in [0.2, 0.25) is 0 Å². The predicted octanol–water partition coefficient (Wildman–Crippen LogP) is 4.33. The number of likely N-dealkylation sites (N-methyl/N-ethyl adjacent to an activating group) is 1. The van der Waals surface area contributed by atoms with Crippen molar-refractivity contribution in [3.8, 4) is 11.5 Å². The largest absolute Gasteiger partial charge is 0.508 e. The summed E-state index contributed by atoms with van der Waals surface area (Å²) in [5.41, 5.74) is 0.984. The second kappa shape index (κ2) is 11.7. The summed E-state index contributed by atoms with van der Waals surface area (Å²) in [5.74, 6) is -1.03. The van der Waals surface area contributed by atoms with Gasteiger partial charge in [0.05, 0.1) is 18.2 Å². The molecule has 1 heterocycles. The maximum Gasteiger partial charge on any atom is 0.295 e. The van der Waals surface area contributed by atoms with Gasteiger partial charge in [-0.2, -0.15) is 0 Å². The van der Waals surface area contributed by atoms with Crippen LogP contribution in [-0.2, 0) is 9.59 Å². The smallest absolute Gasteiger partial charge is 0.295 e. The number of ether oxygens (including phenoxy) is 1. The molecule has 1 atom stereocenters. The van der Waals surface area contributed by atoms with Crippen molar-refractivity contribution in [2.24, 2.45) is 0 Å². The van der Waals surface area contributed by atoms with Crippen molar-refractivity contribution in [1.29, 1.82) is 0 Å². The van der Waals surface area contributed by atoms with E-state index in [2.05, 4.69) is 11.8 Å². The number of aromatic hydroxyl groups is 1. The molecule has 1 saturated heterocycles. The van der Waals surface area contributed by atoms with Gasteiger partial charge in [0.15, 0.2) is 0 Å². The van der Waals surface area contributed by atoms with Gasteiger partial charge < -0.3 is 24.7 Å². The highest BCUT2D eigenvalue weighted by Gasteiger charge is 2.46. The van der Waals surface area contributed by atoms with Crippen LogP contribution < -0.4 is 4.74 Å². The van der Waals surface area contributed by atoms with Crippen LogP contribution in [-0.4, -0.2) is 64.5 Å². The Morgan fingerprint density at radius 1 is 1.06 bits per heavy atom.